The lowest BCUT2D eigenvalue weighted by Crippen LogP contribution is -2.02. The van der Waals surface area contributed by atoms with Crippen LogP contribution in [-0.2, 0) is 4.79 Å². The molecule has 2 rings (SSSR count). The van der Waals surface area contributed by atoms with E-state index in [9.17, 15) is 4.79 Å². The molecule has 0 aromatic heterocycles. The van der Waals surface area contributed by atoms with Gasteiger partial charge in [0.15, 0.2) is 0 Å². The van der Waals surface area contributed by atoms with Crippen LogP contribution in [0.1, 0.15) is 31.2 Å². The first-order valence-electron chi connectivity index (χ1n) is 5.40. The van der Waals surface area contributed by atoms with E-state index >= 15 is 0 Å². The van der Waals surface area contributed by atoms with Gasteiger partial charge in [0.1, 0.15) is 5.78 Å². The molecule has 0 aliphatic heterocycles. The van der Waals surface area contributed by atoms with Crippen LogP contribution in [0.5, 0.6) is 0 Å². The van der Waals surface area contributed by atoms with Gasteiger partial charge in [-0.05, 0) is 24.8 Å². The van der Waals surface area contributed by atoms with Crippen LogP contribution in [0.4, 0.5) is 0 Å². The molecule has 0 radical (unpaired) electrons. The van der Waals surface area contributed by atoms with Gasteiger partial charge < -0.3 is 0 Å². The molecule has 1 aromatic carbocycles. The minimum atomic E-state index is 0.254. The van der Waals surface area contributed by atoms with Crippen molar-refractivity contribution >= 4 is 5.78 Å². The molecule has 15 heavy (non-hydrogen) atoms. The second-order valence-electron chi connectivity index (χ2n) is 4.46. The molecule has 1 aromatic rings. The summed E-state index contributed by atoms with van der Waals surface area (Å²) in [5, 5.41) is 0. The van der Waals surface area contributed by atoms with Gasteiger partial charge in [-0.1, -0.05) is 42.5 Å². The Hall–Kier alpha value is -1.37. The lowest BCUT2D eigenvalue weighted by atomic mass is 10.0. The number of carbonyl (C=O) groups excluding carboxylic acids is 1. The largest absolute Gasteiger partial charge is 0.299 e. The maximum atomic E-state index is 11.7. The van der Waals surface area contributed by atoms with Gasteiger partial charge in [0.25, 0.3) is 0 Å². The Labute approximate surface area is 90.8 Å². The Morgan fingerprint density at radius 1 is 1.40 bits per heavy atom. The molecule has 1 fully saturated rings. The monoisotopic (exact) mass is 200 g/mol. The van der Waals surface area contributed by atoms with Crippen molar-refractivity contribution in [3.8, 4) is 0 Å². The fourth-order valence-electron chi connectivity index (χ4n) is 2.05. The molecule has 1 aliphatic rings. The molecule has 0 saturated heterocycles. The summed E-state index contributed by atoms with van der Waals surface area (Å²) >= 11 is 0. The summed E-state index contributed by atoms with van der Waals surface area (Å²) in [5.41, 5.74) is 2.27. The maximum Gasteiger partial charge on any atom is 0.140 e. The van der Waals surface area contributed by atoms with E-state index in [2.05, 4.69) is 18.7 Å². The quantitative estimate of drug-likeness (QED) is 0.681. The number of ketones is 1. The Balaban J connectivity index is 1.97. The van der Waals surface area contributed by atoms with Gasteiger partial charge in [-0.2, -0.15) is 0 Å². The van der Waals surface area contributed by atoms with Gasteiger partial charge >= 0.3 is 0 Å². The fraction of sp³-hybridized carbons (Fsp3) is 0.357. The molecule has 2 unspecified atom stereocenters. The number of carbonyl (C=O) groups is 1. The van der Waals surface area contributed by atoms with Crippen molar-refractivity contribution in [1.82, 2.24) is 0 Å². The first-order valence-corrected chi connectivity index (χ1v) is 5.40. The van der Waals surface area contributed by atoms with Crippen LogP contribution in [0.15, 0.2) is 42.5 Å². The summed E-state index contributed by atoms with van der Waals surface area (Å²) in [7, 11) is 0. The number of hydrogen-bond acceptors (Lipinski definition) is 1. The SMILES string of the molecule is C=C(C)CC(=O)C1CC1c1ccccc1. The van der Waals surface area contributed by atoms with E-state index in [0.717, 1.165) is 12.0 Å². The molecule has 0 bridgehead atoms. The molecule has 0 spiro atoms. The van der Waals surface area contributed by atoms with Gasteiger partial charge in [-0.3, -0.25) is 4.79 Å². The molecule has 2 atom stereocenters. The molecule has 1 heteroatoms. The predicted molar refractivity (Wildman–Crippen MR) is 61.7 cm³/mol. The number of allylic oxidation sites excluding steroid dienone is 1. The van der Waals surface area contributed by atoms with Crippen LogP contribution in [0.2, 0.25) is 0 Å². The number of hydrogen-bond donors (Lipinski definition) is 0. The minimum absolute atomic E-state index is 0.254. The Morgan fingerprint density at radius 2 is 2.07 bits per heavy atom. The second kappa shape index (κ2) is 4.01. The van der Waals surface area contributed by atoms with Gasteiger partial charge in [0.05, 0.1) is 0 Å². The smallest absolute Gasteiger partial charge is 0.140 e. The van der Waals surface area contributed by atoms with Crippen molar-refractivity contribution in [3.05, 3.63) is 48.0 Å². The first kappa shape index (κ1) is 10.2. The molecule has 1 saturated carbocycles. The van der Waals surface area contributed by atoms with E-state index in [-0.39, 0.29) is 5.92 Å². The molecule has 1 nitrogen and oxygen atoms in total. The highest BCUT2D eigenvalue weighted by molar-refractivity contribution is 5.86. The zero-order chi connectivity index (χ0) is 10.8. The maximum absolute atomic E-state index is 11.7. The summed E-state index contributed by atoms with van der Waals surface area (Å²) in [6, 6.07) is 10.3. The molecule has 0 N–H and O–H groups in total. The van der Waals surface area contributed by atoms with Gasteiger partial charge in [0, 0.05) is 12.3 Å². The lowest BCUT2D eigenvalue weighted by molar-refractivity contribution is -0.119. The van der Waals surface area contributed by atoms with E-state index in [0.29, 0.717) is 18.1 Å². The van der Waals surface area contributed by atoms with E-state index < -0.39 is 0 Å². The van der Waals surface area contributed by atoms with Crippen molar-refractivity contribution in [2.45, 2.75) is 25.7 Å². The van der Waals surface area contributed by atoms with Crippen LogP contribution in [-0.4, -0.2) is 5.78 Å². The first-order chi connectivity index (χ1) is 7.18. The average Bonchev–Trinajstić information content (AvgIpc) is 2.97. The molecule has 0 heterocycles. The van der Waals surface area contributed by atoms with Crippen molar-refractivity contribution in [2.24, 2.45) is 5.92 Å². The number of Topliss-reactive ketones (excluding diaryl/α,β-unsaturated/α-hetero) is 1. The van der Waals surface area contributed by atoms with Crippen LogP contribution in [0, 0.1) is 5.92 Å². The summed E-state index contributed by atoms with van der Waals surface area (Å²) in [6.45, 7) is 5.70. The zero-order valence-electron chi connectivity index (χ0n) is 9.07. The normalized spacial score (nSPS) is 23.5. The minimum Gasteiger partial charge on any atom is -0.299 e. The Kier molecular flexibility index (Phi) is 2.72. The zero-order valence-corrected chi connectivity index (χ0v) is 9.07. The van der Waals surface area contributed by atoms with E-state index in [1.54, 1.807) is 0 Å². The van der Waals surface area contributed by atoms with Gasteiger partial charge in [0.2, 0.25) is 0 Å². The third-order valence-corrected chi connectivity index (χ3v) is 2.91. The summed E-state index contributed by atoms with van der Waals surface area (Å²) in [5.74, 6) is 1.08. The van der Waals surface area contributed by atoms with Crippen LogP contribution < -0.4 is 0 Å². The standard InChI is InChI=1S/C14H16O/c1-10(2)8-14(15)13-9-12(13)11-6-4-3-5-7-11/h3-7,12-13H,1,8-9H2,2H3. The van der Waals surface area contributed by atoms with Crippen LogP contribution in [0.25, 0.3) is 0 Å². The van der Waals surface area contributed by atoms with Gasteiger partial charge in [-0.25, -0.2) is 0 Å². The van der Waals surface area contributed by atoms with E-state index in [1.165, 1.54) is 5.56 Å². The topological polar surface area (TPSA) is 17.1 Å². The summed E-state index contributed by atoms with van der Waals surface area (Å²) in [6.07, 6.45) is 1.57. The third-order valence-electron chi connectivity index (χ3n) is 2.91. The highest BCUT2D eigenvalue weighted by Gasteiger charge is 2.42. The Bertz CT molecular complexity index is 378. The second-order valence-corrected chi connectivity index (χ2v) is 4.46. The van der Waals surface area contributed by atoms with E-state index in [1.807, 2.05) is 25.1 Å². The van der Waals surface area contributed by atoms with Crippen molar-refractivity contribution < 1.29 is 4.79 Å². The highest BCUT2D eigenvalue weighted by Crippen LogP contribution is 2.48. The number of rotatable bonds is 4. The van der Waals surface area contributed by atoms with E-state index in [4.69, 9.17) is 0 Å². The molecule has 78 valence electrons. The molecular formula is C14H16O. The van der Waals surface area contributed by atoms with Crippen molar-refractivity contribution in [2.75, 3.05) is 0 Å². The van der Waals surface area contributed by atoms with Gasteiger partial charge in [-0.15, -0.1) is 0 Å². The average molecular weight is 200 g/mol. The number of benzene rings is 1. The fourth-order valence-corrected chi connectivity index (χ4v) is 2.05. The van der Waals surface area contributed by atoms with Crippen molar-refractivity contribution in [3.63, 3.8) is 0 Å². The highest BCUT2D eigenvalue weighted by atomic mass is 16.1. The summed E-state index contributed by atoms with van der Waals surface area (Å²) < 4.78 is 0. The third kappa shape index (κ3) is 2.35. The predicted octanol–water partition coefficient (Wildman–Crippen LogP) is 3.33. The molecular weight excluding hydrogens is 184 g/mol. The summed E-state index contributed by atoms with van der Waals surface area (Å²) in [4.78, 5) is 11.7. The lowest BCUT2D eigenvalue weighted by Gasteiger charge is -2.00. The van der Waals surface area contributed by atoms with Crippen molar-refractivity contribution in [1.29, 1.82) is 0 Å². The van der Waals surface area contributed by atoms with Crippen LogP contribution in [0.3, 0.4) is 0 Å². The van der Waals surface area contributed by atoms with Crippen LogP contribution >= 0.6 is 0 Å². The Morgan fingerprint density at radius 3 is 2.67 bits per heavy atom. The molecule has 0 amide bonds. The molecule has 1 aliphatic carbocycles.